The van der Waals surface area contributed by atoms with Crippen LogP contribution < -0.4 is 10.1 Å². The molecule has 1 saturated heterocycles. The molecule has 0 bridgehead atoms. The number of rotatable bonds is 2. The van der Waals surface area contributed by atoms with Gasteiger partial charge in [-0.1, -0.05) is 12.1 Å². The monoisotopic (exact) mass is 399 g/mol. The number of aromatic nitrogens is 3. The number of carbonyl (C=O) groups is 1. The fourth-order valence-electron chi connectivity index (χ4n) is 3.78. The van der Waals surface area contributed by atoms with Gasteiger partial charge in [-0.2, -0.15) is 9.40 Å². The number of ether oxygens (including phenoxy) is 1. The molecule has 3 aromatic rings. The lowest BCUT2D eigenvalue weighted by Gasteiger charge is -2.19. The van der Waals surface area contributed by atoms with Crippen LogP contribution in [0.2, 0.25) is 0 Å². The highest BCUT2D eigenvalue weighted by atomic mass is 32.2. The van der Waals surface area contributed by atoms with Gasteiger partial charge in [0.05, 0.1) is 12.2 Å². The lowest BCUT2D eigenvalue weighted by atomic mass is 10.2. The minimum Gasteiger partial charge on any atom is -0.490 e. The molecule has 0 radical (unpaired) electrons. The summed E-state index contributed by atoms with van der Waals surface area (Å²) in [7, 11) is -3.69. The Balaban J connectivity index is 1.38. The molecule has 1 fully saturated rings. The SMILES string of the molecule is O=C(N[C@H]1C[C@H]2COc3ccccc3S(=O)(=O)N2C1)c1cnc2cccnn12. The summed E-state index contributed by atoms with van der Waals surface area (Å²) >= 11 is 0. The van der Waals surface area contributed by atoms with Crippen molar-refractivity contribution in [3.63, 3.8) is 0 Å². The molecule has 4 heterocycles. The van der Waals surface area contributed by atoms with Crippen LogP contribution in [0.15, 0.2) is 53.7 Å². The van der Waals surface area contributed by atoms with Crippen molar-refractivity contribution in [3.8, 4) is 5.75 Å². The van der Waals surface area contributed by atoms with Crippen molar-refractivity contribution < 1.29 is 17.9 Å². The molecular weight excluding hydrogens is 382 g/mol. The maximum Gasteiger partial charge on any atom is 0.271 e. The highest BCUT2D eigenvalue weighted by Crippen LogP contribution is 2.35. The number of imidazole rings is 1. The molecule has 28 heavy (non-hydrogen) atoms. The van der Waals surface area contributed by atoms with Gasteiger partial charge >= 0.3 is 0 Å². The van der Waals surface area contributed by atoms with Gasteiger partial charge in [0, 0.05) is 18.8 Å². The summed E-state index contributed by atoms with van der Waals surface area (Å²) in [4.78, 5) is 17.0. The quantitative estimate of drug-likeness (QED) is 0.679. The number of nitrogens with zero attached hydrogens (tertiary/aromatic N) is 4. The van der Waals surface area contributed by atoms with E-state index < -0.39 is 10.0 Å². The number of amides is 1. The topological polar surface area (TPSA) is 106 Å². The van der Waals surface area contributed by atoms with Gasteiger partial charge in [0.25, 0.3) is 5.91 Å². The van der Waals surface area contributed by atoms with Gasteiger partial charge in [-0.3, -0.25) is 4.79 Å². The number of para-hydroxylation sites is 1. The Morgan fingerprint density at radius 2 is 2.07 bits per heavy atom. The van der Waals surface area contributed by atoms with E-state index >= 15 is 0 Å². The largest absolute Gasteiger partial charge is 0.490 e. The smallest absolute Gasteiger partial charge is 0.271 e. The van der Waals surface area contributed by atoms with E-state index in [0.717, 1.165) is 0 Å². The summed E-state index contributed by atoms with van der Waals surface area (Å²) in [5.74, 6) is 0.0295. The molecule has 0 aliphatic carbocycles. The molecule has 5 rings (SSSR count). The standard InChI is InChI=1S/C18H17N5O4S/c24-18(14-9-19-17-6-3-7-20-23(14)17)21-12-8-13-11-27-15-4-1-2-5-16(15)28(25,26)22(13)10-12/h1-7,9,12-13H,8,10-11H2,(H,21,24)/t12-,13-/m0/s1. The van der Waals surface area contributed by atoms with Crippen molar-refractivity contribution >= 4 is 21.6 Å². The van der Waals surface area contributed by atoms with Crippen molar-refractivity contribution in [2.75, 3.05) is 13.2 Å². The third-order valence-electron chi connectivity index (χ3n) is 5.08. The van der Waals surface area contributed by atoms with Crippen LogP contribution >= 0.6 is 0 Å². The molecule has 2 aliphatic heterocycles. The molecule has 1 amide bonds. The molecule has 9 nitrogen and oxygen atoms in total. The van der Waals surface area contributed by atoms with Crippen LogP contribution in [-0.2, 0) is 10.0 Å². The summed E-state index contributed by atoms with van der Waals surface area (Å²) in [6.07, 6.45) is 3.51. The zero-order chi connectivity index (χ0) is 19.3. The van der Waals surface area contributed by atoms with Gasteiger partial charge in [0.1, 0.15) is 22.9 Å². The van der Waals surface area contributed by atoms with Gasteiger partial charge in [0.15, 0.2) is 5.65 Å². The number of carbonyl (C=O) groups excluding carboxylic acids is 1. The number of nitrogens with one attached hydrogen (secondary N) is 1. The first kappa shape index (κ1) is 17.1. The van der Waals surface area contributed by atoms with Crippen LogP contribution in [0.1, 0.15) is 16.9 Å². The average molecular weight is 399 g/mol. The molecule has 1 N–H and O–H groups in total. The minimum atomic E-state index is -3.69. The summed E-state index contributed by atoms with van der Waals surface area (Å²) in [5, 5.41) is 7.05. The zero-order valence-corrected chi connectivity index (χ0v) is 15.5. The zero-order valence-electron chi connectivity index (χ0n) is 14.7. The predicted octanol–water partition coefficient (Wildman–Crippen LogP) is 0.683. The second-order valence-electron chi connectivity index (χ2n) is 6.83. The molecular formula is C18H17N5O4S. The number of hydrogen-bond donors (Lipinski definition) is 1. The van der Waals surface area contributed by atoms with Gasteiger partial charge in [-0.15, -0.1) is 0 Å². The van der Waals surface area contributed by atoms with Crippen LogP contribution in [0, 0.1) is 0 Å². The van der Waals surface area contributed by atoms with E-state index in [2.05, 4.69) is 15.4 Å². The first-order chi connectivity index (χ1) is 13.5. The lowest BCUT2D eigenvalue weighted by molar-refractivity contribution is 0.0931. The molecule has 0 unspecified atom stereocenters. The Labute approximate surface area is 161 Å². The molecule has 2 aromatic heterocycles. The maximum atomic E-state index is 13.0. The number of benzene rings is 1. The molecule has 10 heteroatoms. The number of hydrogen-bond acceptors (Lipinski definition) is 6. The summed E-state index contributed by atoms with van der Waals surface area (Å²) < 4.78 is 34.7. The third-order valence-corrected chi connectivity index (χ3v) is 7.03. The molecule has 0 saturated carbocycles. The Kier molecular flexibility index (Phi) is 3.84. The Bertz CT molecular complexity index is 1180. The second-order valence-corrected chi connectivity index (χ2v) is 8.69. The van der Waals surface area contributed by atoms with Gasteiger partial charge in [-0.05, 0) is 30.7 Å². The maximum absolute atomic E-state index is 13.0. The first-order valence-corrected chi connectivity index (χ1v) is 10.3. The average Bonchev–Trinajstić information content (AvgIpc) is 3.28. The van der Waals surface area contributed by atoms with E-state index in [9.17, 15) is 13.2 Å². The molecule has 1 aromatic carbocycles. The van der Waals surface area contributed by atoms with E-state index in [0.29, 0.717) is 23.5 Å². The molecule has 2 aliphatic rings. The first-order valence-electron chi connectivity index (χ1n) is 8.87. The van der Waals surface area contributed by atoms with E-state index in [1.54, 1.807) is 42.6 Å². The summed E-state index contributed by atoms with van der Waals surface area (Å²) in [6, 6.07) is 9.47. The van der Waals surface area contributed by atoms with E-state index in [-0.39, 0.29) is 36.0 Å². The van der Waals surface area contributed by atoms with Gasteiger partial charge < -0.3 is 10.1 Å². The van der Waals surface area contributed by atoms with Crippen LogP contribution in [-0.4, -0.2) is 58.5 Å². The lowest BCUT2D eigenvalue weighted by Crippen LogP contribution is -2.39. The van der Waals surface area contributed by atoms with Gasteiger partial charge in [-0.25, -0.2) is 17.9 Å². The van der Waals surface area contributed by atoms with Crippen LogP contribution in [0.3, 0.4) is 0 Å². The molecule has 2 atom stereocenters. The highest BCUT2D eigenvalue weighted by Gasteiger charge is 2.44. The summed E-state index contributed by atoms with van der Waals surface area (Å²) in [5.41, 5.74) is 0.878. The Morgan fingerprint density at radius 1 is 1.21 bits per heavy atom. The van der Waals surface area contributed by atoms with Crippen molar-refractivity contribution in [3.05, 3.63) is 54.5 Å². The van der Waals surface area contributed by atoms with E-state index in [4.69, 9.17) is 4.74 Å². The predicted molar refractivity (Wildman–Crippen MR) is 98.5 cm³/mol. The fraction of sp³-hybridized carbons (Fsp3) is 0.278. The van der Waals surface area contributed by atoms with Crippen LogP contribution in [0.25, 0.3) is 5.65 Å². The van der Waals surface area contributed by atoms with E-state index in [1.165, 1.54) is 15.0 Å². The highest BCUT2D eigenvalue weighted by molar-refractivity contribution is 7.89. The van der Waals surface area contributed by atoms with Crippen LogP contribution in [0.4, 0.5) is 0 Å². The van der Waals surface area contributed by atoms with Crippen molar-refractivity contribution in [1.82, 2.24) is 24.2 Å². The number of fused-ring (bicyclic) bond motifs is 3. The van der Waals surface area contributed by atoms with Crippen molar-refractivity contribution in [1.29, 1.82) is 0 Å². The van der Waals surface area contributed by atoms with Crippen molar-refractivity contribution in [2.24, 2.45) is 0 Å². The molecule has 144 valence electrons. The normalized spacial score (nSPS) is 23.4. The Hall–Kier alpha value is -2.98. The fourth-order valence-corrected chi connectivity index (χ4v) is 5.58. The minimum absolute atomic E-state index is 0.162. The van der Waals surface area contributed by atoms with Gasteiger partial charge in [0.2, 0.25) is 10.0 Å². The van der Waals surface area contributed by atoms with Crippen molar-refractivity contribution in [2.45, 2.75) is 23.4 Å². The Morgan fingerprint density at radius 3 is 2.96 bits per heavy atom. The second kappa shape index (κ2) is 6.28. The summed E-state index contributed by atoms with van der Waals surface area (Å²) in [6.45, 7) is 0.445. The number of sulfonamides is 1. The third kappa shape index (κ3) is 2.64. The van der Waals surface area contributed by atoms with E-state index in [1.807, 2.05) is 0 Å². The van der Waals surface area contributed by atoms with Crippen LogP contribution in [0.5, 0.6) is 5.75 Å². The molecule has 0 spiro atoms.